The molecule has 0 aliphatic carbocycles. The Labute approximate surface area is 74.2 Å². The highest BCUT2D eigenvalue weighted by atomic mass is 14.7. The second-order valence-corrected chi connectivity index (χ2v) is 2.71. The highest BCUT2D eigenvalue weighted by Crippen LogP contribution is 2.08. The molecule has 1 aromatic carbocycles. The van der Waals surface area contributed by atoms with Crippen LogP contribution in [0.25, 0.3) is 0 Å². The van der Waals surface area contributed by atoms with Gasteiger partial charge in [0.1, 0.15) is 0 Å². The fraction of sp³-hybridized carbons (Fsp3) is 0.364. The van der Waals surface area contributed by atoms with Crippen molar-refractivity contribution in [3.8, 4) is 0 Å². The van der Waals surface area contributed by atoms with Crippen molar-refractivity contribution in [1.82, 2.24) is 0 Å². The number of nitrogens with zero attached hydrogens (tertiary/aromatic N) is 1. The molecule has 0 aliphatic rings. The summed E-state index contributed by atoms with van der Waals surface area (Å²) in [5.41, 5.74) is 0.994. The van der Waals surface area contributed by atoms with Crippen LogP contribution in [0.5, 0.6) is 0 Å². The number of unbranched alkanes of at least 4 members (excludes halogenated alkanes) is 2. The van der Waals surface area contributed by atoms with E-state index in [0.29, 0.717) is 0 Å². The highest BCUT2D eigenvalue weighted by molar-refractivity contribution is 5.62. The van der Waals surface area contributed by atoms with E-state index in [9.17, 15) is 0 Å². The molecule has 1 nitrogen and oxygen atoms in total. The molecule has 0 saturated heterocycles. The Morgan fingerprint density at radius 1 is 1.25 bits per heavy atom. The van der Waals surface area contributed by atoms with Crippen molar-refractivity contribution in [1.29, 1.82) is 0 Å². The average molecular weight is 160 g/mol. The minimum atomic E-state index is 0.964. The third kappa shape index (κ3) is 3.33. The maximum absolute atomic E-state index is 4.19. The van der Waals surface area contributed by atoms with E-state index in [-0.39, 0.29) is 0 Å². The Balaban J connectivity index is 2.36. The lowest BCUT2D eigenvalue weighted by atomic mass is 10.3. The standard InChI is InChI=1S/C11H14N/c1-2-3-7-10-12-11-8-5-4-6-9-11/h4-6,8-9H,2-3,7H2,1H3. The Bertz CT molecular complexity index is 226. The maximum Gasteiger partial charge on any atom is 0.0633 e. The topological polar surface area (TPSA) is 12.4 Å². The summed E-state index contributed by atoms with van der Waals surface area (Å²) in [4.78, 5) is 4.19. The van der Waals surface area contributed by atoms with Gasteiger partial charge in [-0.3, -0.25) is 4.99 Å². The molecule has 0 unspecified atom stereocenters. The lowest BCUT2D eigenvalue weighted by Crippen LogP contribution is -1.74. The lowest BCUT2D eigenvalue weighted by molar-refractivity contribution is 0.843. The van der Waals surface area contributed by atoms with Gasteiger partial charge in [-0.05, 0) is 25.0 Å². The quantitative estimate of drug-likeness (QED) is 0.472. The fourth-order valence-electron chi connectivity index (χ4n) is 0.906. The van der Waals surface area contributed by atoms with Crippen LogP contribution in [0.2, 0.25) is 0 Å². The summed E-state index contributed by atoms with van der Waals surface area (Å²) in [7, 11) is 0. The van der Waals surface area contributed by atoms with Gasteiger partial charge in [-0.25, -0.2) is 0 Å². The van der Waals surface area contributed by atoms with Crippen LogP contribution < -0.4 is 0 Å². The molecule has 0 bridgehead atoms. The van der Waals surface area contributed by atoms with Crippen molar-refractivity contribution in [2.45, 2.75) is 26.2 Å². The maximum atomic E-state index is 4.19. The van der Waals surface area contributed by atoms with Crippen LogP contribution in [0, 0.1) is 0 Å². The average Bonchev–Trinajstić information content (AvgIpc) is 2.14. The van der Waals surface area contributed by atoms with Gasteiger partial charge in [0.2, 0.25) is 0 Å². The van der Waals surface area contributed by atoms with E-state index in [4.69, 9.17) is 0 Å². The van der Waals surface area contributed by atoms with E-state index in [0.717, 1.165) is 12.1 Å². The monoisotopic (exact) mass is 160 g/mol. The zero-order chi connectivity index (χ0) is 8.65. The number of hydrogen-bond donors (Lipinski definition) is 0. The van der Waals surface area contributed by atoms with Crippen LogP contribution in [0.15, 0.2) is 35.3 Å². The van der Waals surface area contributed by atoms with Crippen molar-refractivity contribution in [2.24, 2.45) is 4.99 Å². The molecule has 0 N–H and O–H groups in total. The van der Waals surface area contributed by atoms with Gasteiger partial charge in [0.15, 0.2) is 0 Å². The predicted molar refractivity (Wildman–Crippen MR) is 53.1 cm³/mol. The molecule has 0 amide bonds. The minimum Gasteiger partial charge on any atom is -0.252 e. The first-order valence-electron chi connectivity index (χ1n) is 4.42. The normalized spacial score (nSPS) is 10.8. The van der Waals surface area contributed by atoms with Gasteiger partial charge < -0.3 is 0 Å². The van der Waals surface area contributed by atoms with Gasteiger partial charge in [-0.2, -0.15) is 0 Å². The molecular weight excluding hydrogens is 146 g/mol. The predicted octanol–water partition coefficient (Wildman–Crippen LogP) is 3.46. The van der Waals surface area contributed by atoms with Gasteiger partial charge in [0.25, 0.3) is 0 Å². The molecule has 1 rings (SSSR count). The van der Waals surface area contributed by atoms with Gasteiger partial charge in [-0.15, -0.1) is 0 Å². The first kappa shape index (κ1) is 8.98. The summed E-state index contributed by atoms with van der Waals surface area (Å²) in [5.74, 6) is 0. The molecule has 1 aromatic rings. The van der Waals surface area contributed by atoms with E-state index >= 15 is 0 Å². The van der Waals surface area contributed by atoms with Crippen LogP contribution in [0.1, 0.15) is 26.2 Å². The Hall–Kier alpha value is -1.11. The van der Waals surface area contributed by atoms with Crippen molar-refractivity contribution < 1.29 is 0 Å². The van der Waals surface area contributed by atoms with Crippen molar-refractivity contribution in [3.05, 3.63) is 30.3 Å². The second kappa shape index (κ2) is 5.53. The molecule has 0 aromatic heterocycles. The molecule has 0 atom stereocenters. The highest BCUT2D eigenvalue weighted by Gasteiger charge is 1.83. The molecular formula is C11H14N. The summed E-state index contributed by atoms with van der Waals surface area (Å²) in [6, 6.07) is 9.93. The molecule has 0 aliphatic heterocycles. The Morgan fingerprint density at radius 2 is 2.00 bits per heavy atom. The smallest absolute Gasteiger partial charge is 0.0633 e. The SMILES string of the molecule is CCCC/[C]=N/c1ccccc1. The van der Waals surface area contributed by atoms with Crippen molar-refractivity contribution in [2.75, 3.05) is 0 Å². The molecule has 12 heavy (non-hydrogen) atoms. The first-order valence-corrected chi connectivity index (χ1v) is 4.42. The number of para-hydroxylation sites is 1. The Morgan fingerprint density at radius 3 is 2.67 bits per heavy atom. The summed E-state index contributed by atoms with van der Waals surface area (Å²) >= 11 is 0. The molecule has 1 radical (unpaired) electrons. The third-order valence-corrected chi connectivity index (χ3v) is 1.61. The van der Waals surface area contributed by atoms with Crippen LogP contribution in [0.4, 0.5) is 5.69 Å². The number of hydrogen-bond acceptors (Lipinski definition) is 1. The molecule has 0 saturated carbocycles. The molecule has 0 heterocycles. The van der Waals surface area contributed by atoms with Gasteiger partial charge in [-0.1, -0.05) is 31.5 Å². The number of aliphatic imine (C=N–C) groups is 1. The van der Waals surface area contributed by atoms with E-state index in [1.165, 1.54) is 12.8 Å². The van der Waals surface area contributed by atoms with E-state index in [2.05, 4.69) is 18.1 Å². The molecule has 1 heteroatoms. The van der Waals surface area contributed by atoms with Crippen LogP contribution in [0.3, 0.4) is 0 Å². The summed E-state index contributed by atoms with van der Waals surface area (Å²) in [6.45, 7) is 2.17. The zero-order valence-electron chi connectivity index (χ0n) is 7.46. The Kier molecular flexibility index (Phi) is 4.14. The van der Waals surface area contributed by atoms with E-state index in [1.807, 2.05) is 30.3 Å². The summed E-state index contributed by atoms with van der Waals surface area (Å²) in [5, 5.41) is 0. The fourth-order valence-corrected chi connectivity index (χ4v) is 0.906. The van der Waals surface area contributed by atoms with Crippen LogP contribution >= 0.6 is 0 Å². The van der Waals surface area contributed by atoms with Gasteiger partial charge in [0, 0.05) is 0 Å². The molecule has 0 spiro atoms. The van der Waals surface area contributed by atoms with E-state index in [1.54, 1.807) is 0 Å². The van der Waals surface area contributed by atoms with Crippen LogP contribution in [-0.2, 0) is 0 Å². The van der Waals surface area contributed by atoms with Gasteiger partial charge in [0.05, 0.1) is 11.9 Å². The first-order chi connectivity index (χ1) is 5.93. The number of benzene rings is 1. The molecule has 63 valence electrons. The number of rotatable bonds is 4. The van der Waals surface area contributed by atoms with Gasteiger partial charge >= 0.3 is 0 Å². The van der Waals surface area contributed by atoms with E-state index < -0.39 is 0 Å². The zero-order valence-corrected chi connectivity index (χ0v) is 7.46. The second-order valence-electron chi connectivity index (χ2n) is 2.71. The minimum absolute atomic E-state index is 0.964. The third-order valence-electron chi connectivity index (χ3n) is 1.61. The van der Waals surface area contributed by atoms with Crippen molar-refractivity contribution in [3.63, 3.8) is 0 Å². The molecule has 0 fully saturated rings. The van der Waals surface area contributed by atoms with Crippen molar-refractivity contribution >= 4 is 11.9 Å². The summed E-state index contributed by atoms with van der Waals surface area (Å²) < 4.78 is 0. The van der Waals surface area contributed by atoms with Crippen LogP contribution in [-0.4, -0.2) is 6.21 Å². The summed E-state index contributed by atoms with van der Waals surface area (Å²) in [6.07, 6.45) is 6.37. The lowest BCUT2D eigenvalue weighted by Gasteiger charge is -1.90. The largest absolute Gasteiger partial charge is 0.252 e.